The van der Waals surface area contributed by atoms with Crippen LogP contribution in [0.5, 0.6) is 0 Å². The number of nitrogens with one attached hydrogen (secondary N) is 3. The van der Waals surface area contributed by atoms with Gasteiger partial charge in [0.25, 0.3) is 0 Å². The number of H-pyrrole nitrogens is 1. The van der Waals surface area contributed by atoms with E-state index in [1.165, 1.54) is 19.2 Å². The number of rotatable bonds is 3. The summed E-state index contributed by atoms with van der Waals surface area (Å²) in [6.07, 6.45) is 1.48. The third-order valence-electron chi connectivity index (χ3n) is 4.31. The van der Waals surface area contributed by atoms with Crippen molar-refractivity contribution in [3.8, 4) is 0 Å². The first kappa shape index (κ1) is 19.7. The smallest absolute Gasteiger partial charge is 0.313 e. The van der Waals surface area contributed by atoms with Gasteiger partial charge in [0.15, 0.2) is 0 Å². The predicted molar refractivity (Wildman–Crippen MR) is 107 cm³/mol. The van der Waals surface area contributed by atoms with Gasteiger partial charge in [0, 0.05) is 42.1 Å². The van der Waals surface area contributed by atoms with Crippen molar-refractivity contribution in [2.45, 2.75) is 24.8 Å². The summed E-state index contributed by atoms with van der Waals surface area (Å²) in [5.74, 6) is -0.909. The van der Waals surface area contributed by atoms with Gasteiger partial charge in [-0.1, -0.05) is 0 Å². The molecule has 8 nitrogen and oxygen atoms in total. The maximum Gasteiger partial charge on any atom is 0.313 e. The molecule has 1 unspecified atom stereocenters. The van der Waals surface area contributed by atoms with Gasteiger partial charge in [0.05, 0.1) is 11.7 Å². The molecular weight excluding hydrogens is 380 g/mol. The van der Waals surface area contributed by atoms with Crippen LogP contribution in [0.4, 0.5) is 11.4 Å². The molecule has 28 heavy (non-hydrogen) atoms. The van der Waals surface area contributed by atoms with Crippen molar-refractivity contribution in [3.05, 3.63) is 52.4 Å². The molecule has 0 saturated heterocycles. The third-order valence-corrected chi connectivity index (χ3v) is 5.36. The molecule has 146 valence electrons. The zero-order valence-corrected chi connectivity index (χ0v) is 16.3. The van der Waals surface area contributed by atoms with E-state index in [0.717, 1.165) is 16.3 Å². The number of aromatic amines is 1. The number of anilines is 2. The Morgan fingerprint density at radius 2 is 1.96 bits per heavy atom. The molecular formula is C19H20N4O4S. The lowest BCUT2D eigenvalue weighted by Gasteiger charge is -2.28. The molecule has 0 bridgehead atoms. The van der Waals surface area contributed by atoms with E-state index in [-0.39, 0.29) is 11.5 Å². The summed E-state index contributed by atoms with van der Waals surface area (Å²) in [4.78, 5) is 52.7. The fraction of sp³-hybridized carbons (Fsp3) is 0.263. The predicted octanol–water partition coefficient (Wildman–Crippen LogP) is 1.65. The van der Waals surface area contributed by atoms with Gasteiger partial charge in [-0.05, 0) is 36.8 Å². The number of carbonyl (C=O) groups is 3. The van der Waals surface area contributed by atoms with Crippen LogP contribution >= 0.6 is 11.8 Å². The highest BCUT2D eigenvalue weighted by Crippen LogP contribution is 2.36. The Hall–Kier alpha value is -3.07. The Morgan fingerprint density at radius 3 is 2.68 bits per heavy atom. The molecule has 0 radical (unpaired) electrons. The molecule has 3 rings (SSSR count). The second-order valence-corrected chi connectivity index (χ2v) is 7.47. The van der Waals surface area contributed by atoms with Gasteiger partial charge in [-0.15, -0.1) is 11.8 Å². The SMILES string of the molecule is CC(=O)N1CCSc2ccc(NC(=O)C(=O)NC(C)c3cc[nH]c(=O)c3)cc21. The van der Waals surface area contributed by atoms with E-state index in [9.17, 15) is 19.2 Å². The number of benzene rings is 1. The molecule has 0 spiro atoms. The Bertz CT molecular complexity index is 988. The summed E-state index contributed by atoms with van der Waals surface area (Å²) in [5, 5.41) is 5.11. The molecule has 1 aromatic carbocycles. The number of fused-ring (bicyclic) bond motifs is 1. The van der Waals surface area contributed by atoms with Crippen LogP contribution < -0.4 is 21.1 Å². The van der Waals surface area contributed by atoms with E-state index in [2.05, 4.69) is 15.6 Å². The van der Waals surface area contributed by atoms with Crippen LogP contribution in [0.15, 0.2) is 46.2 Å². The number of nitrogens with zero attached hydrogens (tertiary/aromatic N) is 1. The highest BCUT2D eigenvalue weighted by Gasteiger charge is 2.22. The monoisotopic (exact) mass is 400 g/mol. The molecule has 1 aliphatic rings. The van der Waals surface area contributed by atoms with Crippen molar-refractivity contribution in [1.82, 2.24) is 10.3 Å². The van der Waals surface area contributed by atoms with Crippen molar-refractivity contribution in [2.24, 2.45) is 0 Å². The summed E-state index contributed by atoms with van der Waals surface area (Å²) in [6, 6.07) is 7.72. The third kappa shape index (κ3) is 4.42. The number of aromatic nitrogens is 1. The van der Waals surface area contributed by atoms with Crippen LogP contribution in [-0.2, 0) is 14.4 Å². The lowest BCUT2D eigenvalue weighted by atomic mass is 10.1. The second-order valence-electron chi connectivity index (χ2n) is 6.34. The molecule has 0 aliphatic carbocycles. The maximum absolute atomic E-state index is 12.3. The Kier molecular flexibility index (Phi) is 5.84. The number of pyridine rings is 1. The summed E-state index contributed by atoms with van der Waals surface area (Å²) in [6.45, 7) is 3.77. The fourth-order valence-electron chi connectivity index (χ4n) is 2.89. The molecule has 1 aromatic heterocycles. The van der Waals surface area contributed by atoms with Crippen LogP contribution in [0, 0.1) is 0 Å². The number of hydrogen-bond acceptors (Lipinski definition) is 5. The quantitative estimate of drug-likeness (QED) is 0.679. The lowest BCUT2D eigenvalue weighted by Crippen LogP contribution is -2.37. The van der Waals surface area contributed by atoms with Gasteiger partial charge in [-0.3, -0.25) is 19.2 Å². The topological polar surface area (TPSA) is 111 Å². The lowest BCUT2D eigenvalue weighted by molar-refractivity contribution is -0.136. The molecule has 2 aromatic rings. The highest BCUT2D eigenvalue weighted by atomic mass is 32.2. The number of amides is 3. The van der Waals surface area contributed by atoms with Crippen molar-refractivity contribution in [3.63, 3.8) is 0 Å². The molecule has 3 amide bonds. The van der Waals surface area contributed by atoms with Crippen molar-refractivity contribution in [1.29, 1.82) is 0 Å². The van der Waals surface area contributed by atoms with Gasteiger partial charge in [0.1, 0.15) is 0 Å². The van der Waals surface area contributed by atoms with Crippen molar-refractivity contribution >= 4 is 40.9 Å². The van der Waals surface area contributed by atoms with Gasteiger partial charge in [-0.2, -0.15) is 0 Å². The van der Waals surface area contributed by atoms with Crippen LogP contribution in [-0.4, -0.2) is 35.0 Å². The van der Waals surface area contributed by atoms with Gasteiger partial charge in [0.2, 0.25) is 11.5 Å². The molecule has 1 atom stereocenters. The highest BCUT2D eigenvalue weighted by molar-refractivity contribution is 7.99. The van der Waals surface area contributed by atoms with Crippen molar-refractivity contribution < 1.29 is 14.4 Å². The van der Waals surface area contributed by atoms with Crippen LogP contribution in [0.1, 0.15) is 25.5 Å². The Labute approximate surface area is 165 Å². The first-order valence-electron chi connectivity index (χ1n) is 8.70. The van der Waals surface area contributed by atoms with Crippen LogP contribution in [0.25, 0.3) is 0 Å². The first-order valence-corrected chi connectivity index (χ1v) is 9.69. The standard InChI is InChI=1S/C19H20N4O4S/c1-11(13-5-6-20-17(25)9-13)21-18(26)19(27)22-14-3-4-16-15(10-14)23(12(2)24)7-8-28-16/h3-6,9-11H,7-8H2,1-2H3,(H,20,25)(H,21,26)(H,22,27). The normalized spacial score (nSPS) is 14.0. The average molecular weight is 400 g/mol. The van der Waals surface area contributed by atoms with Gasteiger partial charge < -0.3 is 20.5 Å². The molecule has 9 heteroatoms. The maximum atomic E-state index is 12.3. The number of carbonyl (C=O) groups excluding carboxylic acids is 3. The largest absolute Gasteiger partial charge is 0.341 e. The second kappa shape index (κ2) is 8.30. The Balaban J connectivity index is 1.69. The first-order chi connectivity index (χ1) is 13.3. The molecule has 2 heterocycles. The minimum atomic E-state index is -0.825. The van der Waals surface area contributed by atoms with E-state index < -0.39 is 17.9 Å². The average Bonchev–Trinajstić information content (AvgIpc) is 2.67. The summed E-state index contributed by atoms with van der Waals surface area (Å²) in [7, 11) is 0. The van der Waals surface area contributed by atoms with Crippen molar-refractivity contribution in [2.75, 3.05) is 22.5 Å². The number of thioether (sulfide) groups is 1. The summed E-state index contributed by atoms with van der Waals surface area (Å²) in [5.41, 5.74) is 1.45. The zero-order chi connectivity index (χ0) is 20.3. The van der Waals surface area contributed by atoms with E-state index in [4.69, 9.17) is 0 Å². The van der Waals surface area contributed by atoms with Gasteiger partial charge in [-0.25, -0.2) is 0 Å². The summed E-state index contributed by atoms with van der Waals surface area (Å²) >= 11 is 1.64. The van der Waals surface area contributed by atoms with Crippen LogP contribution in [0.3, 0.4) is 0 Å². The minimum absolute atomic E-state index is 0.0746. The molecule has 0 fully saturated rings. The zero-order valence-electron chi connectivity index (χ0n) is 15.4. The summed E-state index contributed by atoms with van der Waals surface area (Å²) < 4.78 is 0. The van der Waals surface area contributed by atoms with E-state index >= 15 is 0 Å². The minimum Gasteiger partial charge on any atom is -0.341 e. The fourth-order valence-corrected chi connectivity index (χ4v) is 3.86. The van der Waals surface area contributed by atoms with E-state index in [1.54, 1.807) is 41.8 Å². The Morgan fingerprint density at radius 1 is 1.18 bits per heavy atom. The molecule has 1 aliphatic heterocycles. The molecule has 0 saturated carbocycles. The van der Waals surface area contributed by atoms with E-state index in [0.29, 0.717) is 17.8 Å². The number of hydrogen-bond donors (Lipinski definition) is 3. The molecule has 3 N–H and O–H groups in total. The van der Waals surface area contributed by atoms with E-state index in [1.807, 2.05) is 6.07 Å². The van der Waals surface area contributed by atoms with Crippen LogP contribution in [0.2, 0.25) is 0 Å². The van der Waals surface area contributed by atoms with Gasteiger partial charge >= 0.3 is 11.8 Å².